The first-order valence-electron chi connectivity index (χ1n) is 6.64. The average Bonchev–Trinajstić information content (AvgIpc) is 2.91. The van der Waals surface area contributed by atoms with Gasteiger partial charge in [0.1, 0.15) is 0 Å². The third-order valence-electron chi connectivity index (χ3n) is 3.04. The summed E-state index contributed by atoms with van der Waals surface area (Å²) in [5, 5.41) is 10.3. The van der Waals surface area contributed by atoms with Crippen LogP contribution in [0.4, 0.5) is 0 Å². The maximum Gasteiger partial charge on any atom is 0.220 e. The Labute approximate surface area is 151 Å². The van der Waals surface area contributed by atoms with E-state index in [2.05, 4.69) is 10.2 Å². The molecule has 2 aromatic carbocycles. The largest absolute Gasteiger partial charge is 0.335 e. The zero-order chi connectivity index (χ0) is 16.2. The van der Waals surface area contributed by atoms with Gasteiger partial charge < -0.3 is 5.84 Å². The molecule has 3 rings (SSSR count). The lowest BCUT2D eigenvalue weighted by Crippen LogP contribution is -2.11. The molecule has 1 aromatic heterocycles. The molecule has 0 aliphatic rings. The van der Waals surface area contributed by atoms with Crippen molar-refractivity contribution in [2.45, 2.75) is 10.9 Å². The zero-order valence-corrected chi connectivity index (χ0v) is 15.0. The summed E-state index contributed by atoms with van der Waals surface area (Å²) in [4.78, 5) is 0. The molecule has 23 heavy (non-hydrogen) atoms. The van der Waals surface area contributed by atoms with Crippen LogP contribution in [-0.2, 0) is 5.75 Å². The van der Waals surface area contributed by atoms with Crippen molar-refractivity contribution in [2.24, 2.45) is 0 Å². The minimum atomic E-state index is 0.608. The zero-order valence-electron chi connectivity index (χ0n) is 11.8. The van der Waals surface area contributed by atoms with Crippen LogP contribution < -0.4 is 5.84 Å². The molecule has 0 radical (unpaired) electrons. The van der Waals surface area contributed by atoms with Crippen LogP contribution in [0.3, 0.4) is 0 Å². The van der Waals surface area contributed by atoms with E-state index < -0.39 is 0 Å². The van der Waals surface area contributed by atoms with E-state index >= 15 is 0 Å². The van der Waals surface area contributed by atoms with Crippen LogP contribution in [0.25, 0.3) is 11.4 Å². The number of nitrogens with zero attached hydrogens (tertiary/aromatic N) is 3. The lowest BCUT2D eigenvalue weighted by Gasteiger charge is -2.04. The van der Waals surface area contributed by atoms with E-state index in [1.807, 2.05) is 36.4 Å². The Morgan fingerprint density at radius 3 is 2.17 bits per heavy atom. The van der Waals surface area contributed by atoms with Crippen molar-refractivity contribution in [1.29, 1.82) is 0 Å². The first-order chi connectivity index (χ1) is 11.1. The number of nitrogen functional groups attached to an aromatic ring is 1. The van der Waals surface area contributed by atoms with Crippen LogP contribution in [0.15, 0.2) is 53.7 Å². The van der Waals surface area contributed by atoms with Gasteiger partial charge in [-0.1, -0.05) is 46.1 Å². The molecular formula is C15H12Cl2N4S2. The number of benzene rings is 2. The predicted molar refractivity (Wildman–Crippen MR) is 99.2 cm³/mol. The maximum atomic E-state index is 6.08. The van der Waals surface area contributed by atoms with Gasteiger partial charge in [0, 0.05) is 21.4 Å². The second-order valence-electron chi connectivity index (χ2n) is 4.66. The highest BCUT2D eigenvalue weighted by Crippen LogP contribution is 2.33. The quantitative estimate of drug-likeness (QED) is 0.501. The fourth-order valence-electron chi connectivity index (χ4n) is 1.86. The van der Waals surface area contributed by atoms with Crippen LogP contribution in [0, 0.1) is 0 Å². The van der Waals surface area contributed by atoms with Gasteiger partial charge in [-0.3, -0.25) is 0 Å². The van der Waals surface area contributed by atoms with E-state index in [4.69, 9.17) is 29.0 Å². The first kappa shape index (κ1) is 16.5. The highest BCUT2D eigenvalue weighted by Gasteiger charge is 2.12. The highest BCUT2D eigenvalue weighted by atomic mass is 35.5. The van der Waals surface area contributed by atoms with Crippen molar-refractivity contribution >= 4 is 44.8 Å². The van der Waals surface area contributed by atoms with E-state index in [-0.39, 0.29) is 0 Å². The predicted octanol–water partition coefficient (Wildman–Crippen LogP) is 4.91. The first-order valence-corrected chi connectivity index (χ1v) is 9.71. The maximum absolute atomic E-state index is 6.08. The molecule has 0 aliphatic heterocycles. The molecule has 4 nitrogen and oxygen atoms in total. The van der Waals surface area contributed by atoms with Gasteiger partial charge in [0.15, 0.2) is 5.82 Å². The van der Waals surface area contributed by atoms with Crippen molar-refractivity contribution in [1.82, 2.24) is 14.9 Å². The number of nitrogens with two attached hydrogens (primary N) is 1. The van der Waals surface area contributed by atoms with Crippen molar-refractivity contribution in [3.63, 3.8) is 0 Å². The van der Waals surface area contributed by atoms with E-state index in [9.17, 15) is 0 Å². The summed E-state index contributed by atoms with van der Waals surface area (Å²) in [6.45, 7) is 0. The molecule has 0 spiro atoms. The normalized spacial score (nSPS) is 10.9. The Morgan fingerprint density at radius 2 is 1.52 bits per heavy atom. The number of halogens is 2. The summed E-state index contributed by atoms with van der Waals surface area (Å²) < 4.78 is 1.49. The second-order valence-corrected chi connectivity index (χ2v) is 7.79. The average molecular weight is 383 g/mol. The minimum absolute atomic E-state index is 0.608. The minimum Gasteiger partial charge on any atom is -0.335 e. The Balaban J connectivity index is 1.65. The van der Waals surface area contributed by atoms with Crippen molar-refractivity contribution in [3.8, 4) is 11.4 Å². The molecule has 0 atom stereocenters. The highest BCUT2D eigenvalue weighted by molar-refractivity contribution is 8.76. The van der Waals surface area contributed by atoms with E-state index in [0.717, 1.165) is 16.3 Å². The molecule has 8 heteroatoms. The van der Waals surface area contributed by atoms with Gasteiger partial charge in [0.05, 0.1) is 0 Å². The van der Waals surface area contributed by atoms with Crippen LogP contribution in [0.5, 0.6) is 0 Å². The van der Waals surface area contributed by atoms with Crippen LogP contribution in [0.1, 0.15) is 5.56 Å². The van der Waals surface area contributed by atoms with Crippen LogP contribution in [-0.4, -0.2) is 14.9 Å². The molecule has 0 saturated carbocycles. The SMILES string of the molecule is Nn1c(SSCc2ccc(Cl)cc2)nnc1-c1ccc(Cl)cc1. The topological polar surface area (TPSA) is 56.7 Å². The number of rotatable bonds is 5. The van der Waals surface area contributed by atoms with Gasteiger partial charge in [-0.05, 0) is 52.8 Å². The third-order valence-corrected chi connectivity index (χ3v) is 5.69. The van der Waals surface area contributed by atoms with Crippen LogP contribution >= 0.6 is 44.8 Å². The third kappa shape index (κ3) is 4.14. The second kappa shape index (κ2) is 7.49. The van der Waals surface area contributed by atoms with Gasteiger partial charge in [0.2, 0.25) is 5.16 Å². The fourth-order valence-corrected chi connectivity index (χ4v) is 4.09. The Kier molecular flexibility index (Phi) is 5.38. The summed E-state index contributed by atoms with van der Waals surface area (Å²) in [6, 6.07) is 15.1. The molecule has 118 valence electrons. The summed E-state index contributed by atoms with van der Waals surface area (Å²) in [7, 11) is 3.13. The van der Waals surface area contributed by atoms with Gasteiger partial charge >= 0.3 is 0 Å². The summed E-state index contributed by atoms with van der Waals surface area (Å²) in [6.07, 6.45) is 0. The molecule has 0 bridgehead atoms. The summed E-state index contributed by atoms with van der Waals surface area (Å²) in [5.74, 6) is 7.51. The summed E-state index contributed by atoms with van der Waals surface area (Å²) >= 11 is 11.8. The lowest BCUT2D eigenvalue weighted by atomic mass is 10.2. The molecule has 1 heterocycles. The van der Waals surface area contributed by atoms with Gasteiger partial charge in [-0.25, -0.2) is 4.68 Å². The Morgan fingerprint density at radius 1 is 0.913 bits per heavy atom. The van der Waals surface area contributed by atoms with Gasteiger partial charge in [0.25, 0.3) is 0 Å². The van der Waals surface area contributed by atoms with E-state index in [1.54, 1.807) is 22.9 Å². The van der Waals surface area contributed by atoms with E-state index in [0.29, 0.717) is 16.0 Å². The Hall–Kier alpha value is -1.34. The molecule has 0 fully saturated rings. The monoisotopic (exact) mass is 382 g/mol. The lowest BCUT2D eigenvalue weighted by molar-refractivity contribution is 0.854. The van der Waals surface area contributed by atoms with Crippen LogP contribution in [0.2, 0.25) is 10.0 Å². The van der Waals surface area contributed by atoms with E-state index in [1.165, 1.54) is 21.0 Å². The number of hydrogen-bond acceptors (Lipinski definition) is 5. The molecule has 0 amide bonds. The Bertz CT molecular complexity index is 788. The molecule has 2 N–H and O–H groups in total. The molecule has 0 saturated heterocycles. The molecular weight excluding hydrogens is 371 g/mol. The molecule has 0 unspecified atom stereocenters. The summed E-state index contributed by atoms with van der Waals surface area (Å²) in [5.41, 5.74) is 2.06. The van der Waals surface area contributed by atoms with Gasteiger partial charge in [-0.2, -0.15) is 0 Å². The molecule has 0 aliphatic carbocycles. The van der Waals surface area contributed by atoms with Crippen molar-refractivity contribution in [3.05, 3.63) is 64.1 Å². The van der Waals surface area contributed by atoms with Crippen molar-refractivity contribution < 1.29 is 0 Å². The fraction of sp³-hybridized carbons (Fsp3) is 0.0667. The standard InChI is InChI=1S/C15H12Cl2N4S2/c16-12-5-1-10(2-6-12)9-22-23-15-20-19-14(21(15)18)11-3-7-13(17)8-4-11/h1-8H,9,18H2. The van der Waals surface area contributed by atoms with Gasteiger partial charge in [-0.15, -0.1) is 10.2 Å². The number of aromatic nitrogens is 3. The number of hydrogen-bond donors (Lipinski definition) is 1. The smallest absolute Gasteiger partial charge is 0.220 e. The molecule has 3 aromatic rings. The van der Waals surface area contributed by atoms with Crippen molar-refractivity contribution in [2.75, 3.05) is 5.84 Å².